The van der Waals surface area contributed by atoms with E-state index < -0.39 is 0 Å². The Labute approximate surface area is 125 Å². The zero-order valence-electron chi connectivity index (χ0n) is 10.6. The molecule has 104 valence electrons. The normalized spacial score (nSPS) is 13.7. The van der Waals surface area contributed by atoms with E-state index in [1.807, 2.05) is 0 Å². The molecule has 7 heteroatoms. The summed E-state index contributed by atoms with van der Waals surface area (Å²) in [6, 6.07) is 3.27. The summed E-state index contributed by atoms with van der Waals surface area (Å²) in [5, 5.41) is 8.12. The summed E-state index contributed by atoms with van der Waals surface area (Å²) in [4.78, 5) is 16.5. The van der Waals surface area contributed by atoms with Gasteiger partial charge in [0.05, 0.1) is 23.5 Å². The van der Waals surface area contributed by atoms with Crippen molar-refractivity contribution in [3.8, 4) is 0 Å². The number of aryl methyl sites for hydroxylation is 1. The number of hydrogen-bond donors (Lipinski definition) is 1. The molecule has 3 heterocycles. The molecule has 0 unspecified atom stereocenters. The molecule has 0 amide bonds. The minimum Gasteiger partial charge on any atom is -0.380 e. The quantitative estimate of drug-likeness (QED) is 0.865. The fraction of sp³-hybridized carbons (Fsp3) is 0.308. The van der Waals surface area contributed by atoms with E-state index in [4.69, 9.17) is 23.2 Å². The largest absolute Gasteiger partial charge is 0.380 e. The van der Waals surface area contributed by atoms with Gasteiger partial charge in [-0.15, -0.1) is 0 Å². The molecule has 0 radical (unpaired) electrons. The lowest BCUT2D eigenvalue weighted by Gasteiger charge is -2.17. The number of nitrogens with one attached hydrogen (secondary N) is 1. The molecule has 0 aliphatic carbocycles. The molecule has 1 aliphatic rings. The molecule has 0 spiro atoms. The van der Waals surface area contributed by atoms with Crippen LogP contribution in [0.4, 0.5) is 5.69 Å². The number of halogens is 2. The third kappa shape index (κ3) is 2.51. The Bertz CT molecular complexity index is 714. The average molecular weight is 311 g/mol. The molecule has 2 aromatic heterocycles. The van der Waals surface area contributed by atoms with E-state index in [0.717, 1.165) is 24.9 Å². The monoisotopic (exact) mass is 310 g/mol. The molecular weight excluding hydrogens is 299 g/mol. The highest BCUT2D eigenvalue weighted by Gasteiger charge is 2.15. The van der Waals surface area contributed by atoms with Crippen LogP contribution in [0.2, 0.25) is 10.2 Å². The smallest absolute Gasteiger partial charge is 0.290 e. The Kier molecular flexibility index (Phi) is 3.63. The van der Waals surface area contributed by atoms with Crippen molar-refractivity contribution in [1.82, 2.24) is 14.8 Å². The van der Waals surface area contributed by atoms with Gasteiger partial charge in [0.1, 0.15) is 10.8 Å². The summed E-state index contributed by atoms with van der Waals surface area (Å²) in [5.41, 5.74) is 1.97. The number of fused-ring (bicyclic) bond motifs is 1. The molecule has 0 aromatic carbocycles. The van der Waals surface area contributed by atoms with Crippen LogP contribution in [-0.2, 0) is 13.0 Å². The van der Waals surface area contributed by atoms with Gasteiger partial charge in [-0.3, -0.25) is 4.79 Å². The van der Waals surface area contributed by atoms with E-state index in [0.29, 0.717) is 21.6 Å². The molecule has 5 nitrogen and oxygen atoms in total. The Morgan fingerprint density at radius 1 is 1.35 bits per heavy atom. The predicted octanol–water partition coefficient (Wildman–Crippen LogP) is 2.35. The first-order valence-electron chi connectivity index (χ1n) is 6.29. The van der Waals surface area contributed by atoms with Gasteiger partial charge in [0, 0.05) is 12.1 Å². The van der Waals surface area contributed by atoms with E-state index in [1.165, 1.54) is 4.68 Å². The second-order valence-corrected chi connectivity index (χ2v) is 5.39. The molecular formula is C13H12Cl2N4O. The Hall–Kier alpha value is -1.59. The lowest BCUT2D eigenvalue weighted by atomic mass is 10.1. The van der Waals surface area contributed by atoms with Crippen LogP contribution < -0.4 is 10.9 Å². The van der Waals surface area contributed by atoms with Crippen LogP contribution in [0, 0.1) is 0 Å². The molecule has 2 aromatic rings. The van der Waals surface area contributed by atoms with E-state index >= 15 is 0 Å². The topological polar surface area (TPSA) is 59.8 Å². The molecule has 0 bridgehead atoms. The minimum absolute atomic E-state index is 0.153. The van der Waals surface area contributed by atoms with Crippen LogP contribution in [0.25, 0.3) is 0 Å². The number of nitrogens with zero attached hydrogens (tertiary/aromatic N) is 3. The lowest BCUT2D eigenvalue weighted by Crippen LogP contribution is -2.30. The van der Waals surface area contributed by atoms with Crippen molar-refractivity contribution in [3.05, 3.63) is 50.1 Å². The summed E-state index contributed by atoms with van der Waals surface area (Å²) in [5.74, 6) is 0. The van der Waals surface area contributed by atoms with Crippen LogP contribution in [0.3, 0.4) is 0 Å². The van der Waals surface area contributed by atoms with Crippen molar-refractivity contribution in [2.75, 3.05) is 11.9 Å². The average Bonchev–Trinajstić information content (AvgIpc) is 2.46. The van der Waals surface area contributed by atoms with E-state index in [2.05, 4.69) is 15.4 Å². The van der Waals surface area contributed by atoms with Crippen molar-refractivity contribution in [3.63, 3.8) is 0 Å². The van der Waals surface area contributed by atoms with E-state index in [-0.39, 0.29) is 12.1 Å². The molecule has 0 saturated heterocycles. The maximum Gasteiger partial charge on any atom is 0.290 e. The minimum atomic E-state index is -0.153. The highest BCUT2D eigenvalue weighted by atomic mass is 35.5. The van der Waals surface area contributed by atoms with Gasteiger partial charge >= 0.3 is 0 Å². The third-order valence-corrected chi connectivity index (χ3v) is 3.79. The SMILES string of the molecule is O=c1c2c(cnn1Cc1nc(Cl)ccc1Cl)CCCN2. The maximum absolute atomic E-state index is 12.3. The number of pyridine rings is 1. The summed E-state index contributed by atoms with van der Waals surface area (Å²) < 4.78 is 1.35. The molecule has 1 aliphatic heterocycles. The zero-order chi connectivity index (χ0) is 14.1. The number of rotatable bonds is 2. The Balaban J connectivity index is 1.99. The standard InChI is InChI=1S/C13H12Cl2N4O/c14-9-3-4-11(15)18-10(9)7-19-13(20)12-8(6-17-19)2-1-5-16-12/h3-4,6,16H,1-2,5,7H2. The Morgan fingerprint density at radius 2 is 2.20 bits per heavy atom. The van der Waals surface area contributed by atoms with Gasteiger partial charge in [0.25, 0.3) is 5.56 Å². The van der Waals surface area contributed by atoms with Gasteiger partial charge in [-0.05, 0) is 25.0 Å². The van der Waals surface area contributed by atoms with Crippen molar-refractivity contribution < 1.29 is 0 Å². The van der Waals surface area contributed by atoms with E-state index in [9.17, 15) is 4.79 Å². The zero-order valence-corrected chi connectivity index (χ0v) is 12.1. The van der Waals surface area contributed by atoms with Crippen LogP contribution in [-0.4, -0.2) is 21.3 Å². The first-order chi connectivity index (χ1) is 9.65. The number of anilines is 1. The van der Waals surface area contributed by atoms with Crippen molar-refractivity contribution in [1.29, 1.82) is 0 Å². The highest BCUT2D eigenvalue weighted by Crippen LogP contribution is 2.19. The molecule has 0 atom stereocenters. The molecule has 1 N–H and O–H groups in total. The van der Waals surface area contributed by atoms with Crippen LogP contribution >= 0.6 is 23.2 Å². The van der Waals surface area contributed by atoms with Crippen molar-refractivity contribution in [2.45, 2.75) is 19.4 Å². The third-order valence-electron chi connectivity index (χ3n) is 3.23. The van der Waals surface area contributed by atoms with Gasteiger partial charge in [0.15, 0.2) is 0 Å². The summed E-state index contributed by atoms with van der Waals surface area (Å²) in [7, 11) is 0. The maximum atomic E-state index is 12.3. The van der Waals surface area contributed by atoms with Gasteiger partial charge < -0.3 is 5.32 Å². The second kappa shape index (κ2) is 5.42. The van der Waals surface area contributed by atoms with Gasteiger partial charge in [-0.1, -0.05) is 23.2 Å². The molecule has 3 rings (SSSR count). The van der Waals surface area contributed by atoms with Crippen LogP contribution in [0.15, 0.2) is 23.1 Å². The summed E-state index contributed by atoms with van der Waals surface area (Å²) >= 11 is 11.9. The fourth-order valence-electron chi connectivity index (χ4n) is 2.22. The Morgan fingerprint density at radius 3 is 3.05 bits per heavy atom. The van der Waals surface area contributed by atoms with Crippen LogP contribution in [0.1, 0.15) is 17.7 Å². The summed E-state index contributed by atoms with van der Waals surface area (Å²) in [6.07, 6.45) is 3.61. The molecule has 20 heavy (non-hydrogen) atoms. The molecule has 0 fully saturated rings. The van der Waals surface area contributed by atoms with Crippen molar-refractivity contribution in [2.24, 2.45) is 0 Å². The first-order valence-corrected chi connectivity index (χ1v) is 7.04. The second-order valence-electron chi connectivity index (χ2n) is 4.60. The van der Waals surface area contributed by atoms with Crippen LogP contribution in [0.5, 0.6) is 0 Å². The predicted molar refractivity (Wildman–Crippen MR) is 78.7 cm³/mol. The number of hydrogen-bond acceptors (Lipinski definition) is 4. The number of aromatic nitrogens is 3. The van der Waals surface area contributed by atoms with Gasteiger partial charge in [-0.2, -0.15) is 5.10 Å². The lowest BCUT2D eigenvalue weighted by molar-refractivity contribution is 0.619. The first kappa shape index (κ1) is 13.4. The van der Waals surface area contributed by atoms with Gasteiger partial charge in [0.2, 0.25) is 0 Å². The van der Waals surface area contributed by atoms with E-state index in [1.54, 1.807) is 18.3 Å². The fourth-order valence-corrected chi connectivity index (χ4v) is 2.55. The van der Waals surface area contributed by atoms with Gasteiger partial charge in [-0.25, -0.2) is 9.67 Å². The highest BCUT2D eigenvalue weighted by molar-refractivity contribution is 6.32. The van der Waals surface area contributed by atoms with Crippen molar-refractivity contribution >= 4 is 28.9 Å². The summed E-state index contributed by atoms with van der Waals surface area (Å²) in [6.45, 7) is 1.01. The molecule has 0 saturated carbocycles.